The molecule has 0 bridgehead atoms. The summed E-state index contributed by atoms with van der Waals surface area (Å²) < 4.78 is 6.44. The van der Waals surface area contributed by atoms with Crippen LogP contribution in [0.15, 0.2) is 59.2 Å². The minimum Gasteiger partial charge on any atom is -0.373 e. The summed E-state index contributed by atoms with van der Waals surface area (Å²) in [4.78, 5) is 35.1. The highest BCUT2D eigenvalue weighted by Crippen LogP contribution is 2.94. The third-order valence-electron chi connectivity index (χ3n) is 9.33. The van der Waals surface area contributed by atoms with Gasteiger partial charge in [0.15, 0.2) is 6.61 Å². The first-order valence-electron chi connectivity index (χ1n) is 13.5. The molecule has 2 fully saturated rings. The van der Waals surface area contributed by atoms with Crippen molar-refractivity contribution in [1.29, 1.82) is 0 Å². The summed E-state index contributed by atoms with van der Waals surface area (Å²) in [5.74, 6) is 5.65. The fraction of sp³-hybridized carbons (Fsp3) is 0.552. The minimum absolute atomic E-state index is 0.0160. The number of carbonyl (C=O) groups is 2. The van der Waals surface area contributed by atoms with Gasteiger partial charge in [0.2, 0.25) is 0 Å². The summed E-state index contributed by atoms with van der Waals surface area (Å²) in [6.07, 6.45) is 3.10. The molecule has 10 heteroatoms. The second kappa shape index (κ2) is 11.2. The molecule has 5 unspecified atom stereocenters. The van der Waals surface area contributed by atoms with Crippen molar-refractivity contribution in [1.82, 2.24) is 16.0 Å². The largest absolute Gasteiger partial charge is 0.373 e. The van der Waals surface area contributed by atoms with Crippen molar-refractivity contribution in [2.45, 2.75) is 46.3 Å². The second-order valence-corrected chi connectivity index (χ2v) is 11.0. The fourth-order valence-electron chi connectivity index (χ4n) is 7.22. The first-order valence-corrected chi connectivity index (χ1v) is 13.5. The van der Waals surface area contributed by atoms with Gasteiger partial charge < -0.3 is 9.75 Å². The molecule has 10 nitrogen and oxygen atoms in total. The van der Waals surface area contributed by atoms with Crippen LogP contribution in [0.3, 0.4) is 0 Å². The van der Waals surface area contributed by atoms with Gasteiger partial charge in [-0.05, 0) is 23.5 Å². The van der Waals surface area contributed by atoms with Crippen LogP contribution in [0.1, 0.15) is 39.2 Å². The van der Waals surface area contributed by atoms with Crippen LogP contribution in [-0.4, -0.2) is 54.5 Å². The minimum atomic E-state index is -0.714. The number of nitrogens with two attached hydrogens (primary N) is 1. The Morgan fingerprint density at radius 1 is 1.33 bits per heavy atom. The molecule has 0 aliphatic heterocycles. The van der Waals surface area contributed by atoms with Gasteiger partial charge in [-0.15, -0.1) is 0 Å². The van der Waals surface area contributed by atoms with E-state index in [1.54, 1.807) is 19.1 Å². The number of hydrazine groups is 1. The van der Waals surface area contributed by atoms with Gasteiger partial charge in [0.1, 0.15) is 11.6 Å². The number of hydrogen-bond acceptors (Lipinski definition) is 8. The molecule has 1 aromatic carbocycles. The topological polar surface area (TPSA) is 139 Å². The van der Waals surface area contributed by atoms with E-state index in [9.17, 15) is 9.59 Å². The van der Waals surface area contributed by atoms with Gasteiger partial charge in [-0.25, -0.2) is 11.3 Å². The number of fused-ring (bicyclic) bond motifs is 1. The number of nitrogens with zero attached hydrogens (tertiary/aromatic N) is 2. The number of Topliss-reactive ketones (excluding diaryl/α,β-unsaturated/α-hetero) is 1. The lowest BCUT2D eigenvalue weighted by atomic mass is 9.73. The number of rotatable bonds is 10. The lowest BCUT2D eigenvalue weighted by Gasteiger charge is -2.38. The molecule has 1 spiro atoms. The average Bonchev–Trinajstić information content (AvgIpc) is 3.77. The van der Waals surface area contributed by atoms with Crippen LogP contribution in [0.5, 0.6) is 0 Å². The van der Waals surface area contributed by atoms with Gasteiger partial charge in [0.05, 0.1) is 18.6 Å². The van der Waals surface area contributed by atoms with E-state index in [0.29, 0.717) is 18.9 Å². The van der Waals surface area contributed by atoms with Crippen LogP contribution >= 0.6 is 0 Å². The lowest BCUT2D eigenvalue weighted by Crippen LogP contribution is -2.45. The van der Waals surface area contributed by atoms with Gasteiger partial charge >= 0.3 is 0 Å². The number of hydrogen-bond donors (Lipinski definition) is 4. The summed E-state index contributed by atoms with van der Waals surface area (Å²) in [6, 6.07) is 10.1. The van der Waals surface area contributed by atoms with Crippen LogP contribution in [-0.2, 0) is 25.8 Å². The number of carbonyl (C=O) groups excluding carboxylic acids is 2. The molecule has 0 aromatic heterocycles. The Kier molecular flexibility index (Phi) is 8.32. The SMILES string of the molecule is C=C/C1=C(\N(C)N)[C@@H](C(=NC)NOCC(=O)NO)C(C)[C@@H](C)C(=O)CC23C(OCc4ccccc4)C2C13CC. The van der Waals surface area contributed by atoms with Crippen LogP contribution in [0.2, 0.25) is 0 Å². The molecule has 1 amide bonds. The zero-order valence-corrected chi connectivity index (χ0v) is 23.4. The standard InChI is InChI=1S/C29H41N5O5/c1-7-20-24(34(6)30)23(27(31-5)33-39-16-22(36)32-37)18(4)17(3)21(35)14-29-25(28(20,29)8-2)26(29)38-15-19-12-10-9-11-13-19/h7,9-13,17-18,23,25-26,37H,1,8,14-16,30H2,2-6H3,(H,31,33)(H,32,36)/b24-20+/t17-,18?,23+,25?,26?,28?,29?/m1/s1. The predicted molar refractivity (Wildman–Crippen MR) is 147 cm³/mol. The average molecular weight is 540 g/mol. The van der Waals surface area contributed by atoms with Crippen LogP contribution < -0.4 is 16.8 Å². The maximum atomic E-state index is 13.8. The third-order valence-corrected chi connectivity index (χ3v) is 9.33. The Balaban J connectivity index is 1.75. The molecule has 4 rings (SSSR count). The fourth-order valence-corrected chi connectivity index (χ4v) is 7.22. The van der Waals surface area contributed by atoms with E-state index in [1.165, 1.54) is 5.48 Å². The third kappa shape index (κ3) is 4.59. The summed E-state index contributed by atoms with van der Waals surface area (Å²) in [5, 5.41) is 10.4. The van der Waals surface area contributed by atoms with Crippen molar-refractivity contribution in [3.63, 3.8) is 0 Å². The first kappa shape index (κ1) is 28.9. The number of amidine groups is 1. The molecule has 39 heavy (non-hydrogen) atoms. The Hall–Kier alpha value is -3.05. The van der Waals surface area contributed by atoms with Crippen molar-refractivity contribution >= 4 is 17.5 Å². The molecule has 5 N–H and O–H groups in total. The van der Waals surface area contributed by atoms with Gasteiger partial charge in [-0.1, -0.05) is 63.8 Å². The Morgan fingerprint density at radius 3 is 2.59 bits per heavy atom. The van der Waals surface area contributed by atoms with Crippen LogP contribution in [0, 0.1) is 34.5 Å². The quantitative estimate of drug-likeness (QED) is 0.117. The molecular formula is C29H41N5O5. The van der Waals surface area contributed by atoms with E-state index < -0.39 is 18.4 Å². The van der Waals surface area contributed by atoms with Gasteiger partial charge in [-0.2, -0.15) is 0 Å². The molecule has 0 heterocycles. The number of nitrogens with one attached hydrogen (secondary N) is 2. The number of amides is 1. The number of benzene rings is 1. The predicted octanol–water partition coefficient (Wildman–Crippen LogP) is 2.76. The number of ether oxygens (including phenoxy) is 1. The van der Waals surface area contributed by atoms with Crippen molar-refractivity contribution < 1.29 is 24.4 Å². The van der Waals surface area contributed by atoms with Crippen molar-refractivity contribution in [2.75, 3.05) is 20.7 Å². The van der Waals surface area contributed by atoms with Crippen molar-refractivity contribution in [3.05, 3.63) is 59.8 Å². The van der Waals surface area contributed by atoms with Crippen LogP contribution in [0.4, 0.5) is 0 Å². The maximum absolute atomic E-state index is 13.8. The summed E-state index contributed by atoms with van der Waals surface area (Å²) in [5.41, 5.74) is 6.63. The highest BCUT2D eigenvalue weighted by Gasteiger charge is 2.96. The lowest BCUT2D eigenvalue weighted by molar-refractivity contribution is -0.135. The van der Waals surface area contributed by atoms with Gasteiger partial charge in [0.25, 0.3) is 5.91 Å². The van der Waals surface area contributed by atoms with Crippen molar-refractivity contribution in [2.24, 2.45) is 45.3 Å². The second-order valence-electron chi connectivity index (χ2n) is 11.0. The molecule has 3 aliphatic rings. The monoisotopic (exact) mass is 539 g/mol. The molecule has 3 aliphatic carbocycles. The normalized spacial score (nSPS) is 35.5. The number of hydroxylamine groups is 2. The van der Waals surface area contributed by atoms with E-state index in [0.717, 1.165) is 23.3 Å². The highest BCUT2D eigenvalue weighted by molar-refractivity contribution is 5.90. The molecule has 2 saturated carbocycles. The Morgan fingerprint density at radius 2 is 2.03 bits per heavy atom. The smallest absolute Gasteiger partial charge is 0.272 e. The summed E-state index contributed by atoms with van der Waals surface area (Å²) in [6.45, 7) is 10.4. The molecule has 7 atom stereocenters. The highest BCUT2D eigenvalue weighted by atomic mass is 16.6. The van der Waals surface area contributed by atoms with E-state index >= 15 is 0 Å². The van der Waals surface area contributed by atoms with Gasteiger partial charge in [0, 0.05) is 48.9 Å². The van der Waals surface area contributed by atoms with E-state index in [2.05, 4.69) is 24.0 Å². The van der Waals surface area contributed by atoms with E-state index in [4.69, 9.17) is 20.6 Å². The number of aliphatic imine (C=N–C) groups is 1. The zero-order chi connectivity index (χ0) is 28.5. The first-order chi connectivity index (χ1) is 18.7. The molecule has 0 saturated heterocycles. The molecule has 1 aromatic rings. The van der Waals surface area contributed by atoms with Gasteiger partial charge in [-0.3, -0.25) is 30.1 Å². The van der Waals surface area contributed by atoms with Crippen molar-refractivity contribution in [3.8, 4) is 0 Å². The zero-order valence-electron chi connectivity index (χ0n) is 23.4. The molecular weight excluding hydrogens is 498 g/mol. The summed E-state index contributed by atoms with van der Waals surface area (Å²) in [7, 11) is 3.40. The summed E-state index contributed by atoms with van der Waals surface area (Å²) >= 11 is 0. The van der Waals surface area contributed by atoms with Crippen LogP contribution in [0.25, 0.3) is 0 Å². The van der Waals surface area contributed by atoms with E-state index in [-0.39, 0.29) is 40.5 Å². The van der Waals surface area contributed by atoms with E-state index in [1.807, 2.05) is 50.3 Å². The molecule has 0 radical (unpaired) electrons. The number of ketones is 1. The maximum Gasteiger partial charge on any atom is 0.272 e. The number of allylic oxidation sites excluding steroid dienone is 2. The Bertz CT molecular complexity index is 1170. The molecule has 212 valence electrons. The Labute approximate surface area is 230 Å².